The molecule has 0 amide bonds. The normalized spacial score (nSPS) is 12.4. The van der Waals surface area contributed by atoms with Gasteiger partial charge in [0, 0.05) is 17.2 Å². The Morgan fingerprint density at radius 3 is 2.09 bits per heavy atom. The van der Waals surface area contributed by atoms with Crippen LogP contribution < -0.4 is 4.72 Å². The fourth-order valence-corrected chi connectivity index (χ4v) is 1.42. The Balaban J connectivity index is 3.69. The molecule has 0 atom stereocenters. The molecule has 0 radical (unpaired) electrons. The molecule has 1 N–H and O–H groups in total. The number of rotatable bonds is 5. The van der Waals surface area contributed by atoms with E-state index in [-0.39, 0.29) is 0 Å². The zero-order valence-corrected chi connectivity index (χ0v) is 8.37. The van der Waals surface area contributed by atoms with Crippen molar-refractivity contribution in [3.8, 4) is 0 Å². The molecule has 0 saturated heterocycles. The van der Waals surface area contributed by atoms with E-state index < -0.39 is 9.24 Å². The highest BCUT2D eigenvalue weighted by Crippen LogP contribution is 2.06. The summed E-state index contributed by atoms with van der Waals surface area (Å²) in [5.41, 5.74) is 0. The van der Waals surface area contributed by atoms with Crippen molar-refractivity contribution in [3.05, 3.63) is 0 Å². The van der Waals surface area contributed by atoms with Crippen molar-refractivity contribution in [1.82, 2.24) is 4.72 Å². The van der Waals surface area contributed by atoms with E-state index in [1.54, 1.807) is 0 Å². The fraction of sp³-hybridized carbons (Fsp3) is 1.00. The standard InChI is InChI=1S/C6H14ClNO2S/c1-3-6(4-2)5-8-11(7,9)10/h6,8H,3-5H2,1-2H3. The molecule has 0 heterocycles. The second-order valence-electron chi connectivity index (χ2n) is 2.47. The smallest absolute Gasteiger partial charge is 0.202 e. The third-order valence-corrected chi connectivity index (χ3v) is 2.54. The molecule has 0 aromatic heterocycles. The minimum absolute atomic E-state index is 0.392. The van der Waals surface area contributed by atoms with Crippen LogP contribution in [-0.2, 0) is 9.24 Å². The average molecular weight is 200 g/mol. The van der Waals surface area contributed by atoms with Crippen LogP contribution in [0.4, 0.5) is 0 Å². The minimum atomic E-state index is -3.52. The molecule has 3 nitrogen and oxygen atoms in total. The summed E-state index contributed by atoms with van der Waals surface area (Å²) in [4.78, 5) is 0. The molecule has 0 unspecified atom stereocenters. The van der Waals surface area contributed by atoms with Crippen molar-refractivity contribution in [2.45, 2.75) is 26.7 Å². The molecule has 0 aromatic carbocycles. The third kappa shape index (κ3) is 6.59. The maximum absolute atomic E-state index is 10.4. The van der Waals surface area contributed by atoms with Crippen LogP contribution in [-0.4, -0.2) is 15.0 Å². The van der Waals surface area contributed by atoms with Crippen molar-refractivity contribution in [1.29, 1.82) is 0 Å². The Labute approximate surface area is 72.7 Å². The topological polar surface area (TPSA) is 46.2 Å². The van der Waals surface area contributed by atoms with Crippen molar-refractivity contribution in [2.24, 2.45) is 5.92 Å². The average Bonchev–Trinajstić information content (AvgIpc) is 1.88. The maximum Gasteiger partial charge on any atom is 0.297 e. The zero-order valence-electron chi connectivity index (χ0n) is 6.80. The molecule has 0 saturated carbocycles. The van der Waals surface area contributed by atoms with Gasteiger partial charge in [-0.25, -0.2) is 4.72 Å². The van der Waals surface area contributed by atoms with Crippen LogP contribution in [0.3, 0.4) is 0 Å². The van der Waals surface area contributed by atoms with Gasteiger partial charge in [0.2, 0.25) is 0 Å². The molecule has 11 heavy (non-hydrogen) atoms. The highest BCUT2D eigenvalue weighted by atomic mass is 35.7. The number of halogens is 1. The first-order chi connectivity index (χ1) is 4.99. The molecule has 0 aromatic rings. The Morgan fingerprint density at radius 2 is 1.82 bits per heavy atom. The Hall–Kier alpha value is 0.200. The van der Waals surface area contributed by atoms with Gasteiger partial charge in [-0.15, -0.1) is 0 Å². The summed E-state index contributed by atoms with van der Waals surface area (Å²) < 4.78 is 23.1. The summed E-state index contributed by atoms with van der Waals surface area (Å²) in [5.74, 6) is 0.392. The lowest BCUT2D eigenvalue weighted by Gasteiger charge is -2.10. The van der Waals surface area contributed by atoms with Crippen LogP contribution in [0.5, 0.6) is 0 Å². The number of nitrogens with one attached hydrogen (secondary N) is 1. The van der Waals surface area contributed by atoms with E-state index in [1.165, 1.54) is 0 Å². The van der Waals surface area contributed by atoms with Gasteiger partial charge in [0.05, 0.1) is 0 Å². The highest BCUT2D eigenvalue weighted by molar-refractivity contribution is 8.12. The Bertz CT molecular complexity index is 187. The Kier molecular flexibility index (Phi) is 5.04. The Morgan fingerprint density at radius 1 is 1.36 bits per heavy atom. The first-order valence-corrected chi connectivity index (χ1v) is 5.99. The van der Waals surface area contributed by atoms with Crippen molar-refractivity contribution in [2.75, 3.05) is 6.54 Å². The summed E-state index contributed by atoms with van der Waals surface area (Å²) in [6, 6.07) is 0. The quantitative estimate of drug-likeness (QED) is 0.683. The van der Waals surface area contributed by atoms with Crippen LogP contribution in [0.15, 0.2) is 0 Å². The van der Waals surface area contributed by atoms with Gasteiger partial charge < -0.3 is 0 Å². The lowest BCUT2D eigenvalue weighted by Crippen LogP contribution is -2.25. The van der Waals surface area contributed by atoms with Gasteiger partial charge in [0.15, 0.2) is 0 Å². The van der Waals surface area contributed by atoms with Crippen LogP contribution in [0.25, 0.3) is 0 Å². The maximum atomic E-state index is 10.4. The summed E-state index contributed by atoms with van der Waals surface area (Å²) >= 11 is 0. The van der Waals surface area contributed by atoms with E-state index in [9.17, 15) is 8.42 Å². The first kappa shape index (κ1) is 11.2. The SMILES string of the molecule is CCC(CC)CNS(=O)(=O)Cl. The van der Waals surface area contributed by atoms with Crippen LogP contribution in [0.2, 0.25) is 0 Å². The van der Waals surface area contributed by atoms with E-state index in [4.69, 9.17) is 10.7 Å². The number of hydrogen-bond acceptors (Lipinski definition) is 2. The number of hydrogen-bond donors (Lipinski definition) is 1. The molecule has 0 aliphatic heterocycles. The monoisotopic (exact) mass is 199 g/mol. The summed E-state index contributed by atoms with van der Waals surface area (Å²) in [7, 11) is 1.44. The largest absolute Gasteiger partial charge is 0.297 e. The molecule has 0 spiro atoms. The van der Waals surface area contributed by atoms with Gasteiger partial charge in [0.25, 0.3) is 9.24 Å². The first-order valence-electron chi connectivity index (χ1n) is 3.68. The summed E-state index contributed by atoms with van der Waals surface area (Å²) in [5, 5.41) is 0. The van der Waals surface area contributed by atoms with Crippen molar-refractivity contribution >= 4 is 19.9 Å². The van der Waals surface area contributed by atoms with Gasteiger partial charge in [0.1, 0.15) is 0 Å². The summed E-state index contributed by atoms with van der Waals surface area (Å²) in [6.07, 6.45) is 1.94. The lowest BCUT2D eigenvalue weighted by atomic mass is 10.0. The molecule has 0 fully saturated rings. The molecule has 0 aliphatic carbocycles. The molecule has 5 heteroatoms. The second-order valence-corrected chi connectivity index (χ2v) is 4.85. The molecular weight excluding hydrogens is 186 g/mol. The molecule has 0 rings (SSSR count). The molecular formula is C6H14ClNO2S. The van der Waals surface area contributed by atoms with Gasteiger partial charge in [-0.2, -0.15) is 8.42 Å². The molecule has 0 bridgehead atoms. The fourth-order valence-electron chi connectivity index (χ4n) is 0.795. The van der Waals surface area contributed by atoms with Crippen LogP contribution >= 0.6 is 10.7 Å². The van der Waals surface area contributed by atoms with Crippen molar-refractivity contribution in [3.63, 3.8) is 0 Å². The predicted octanol–water partition coefficient (Wildman–Crippen LogP) is 1.50. The van der Waals surface area contributed by atoms with E-state index in [2.05, 4.69) is 4.72 Å². The van der Waals surface area contributed by atoms with E-state index >= 15 is 0 Å². The van der Waals surface area contributed by atoms with Crippen LogP contribution in [0.1, 0.15) is 26.7 Å². The van der Waals surface area contributed by atoms with Gasteiger partial charge in [-0.1, -0.05) is 26.7 Å². The lowest BCUT2D eigenvalue weighted by molar-refractivity contribution is 0.482. The van der Waals surface area contributed by atoms with E-state index in [1.807, 2.05) is 13.8 Å². The molecule has 0 aliphatic rings. The van der Waals surface area contributed by atoms with Gasteiger partial charge in [-0.05, 0) is 5.92 Å². The van der Waals surface area contributed by atoms with Crippen molar-refractivity contribution < 1.29 is 8.42 Å². The zero-order chi connectivity index (χ0) is 8.91. The predicted molar refractivity (Wildman–Crippen MR) is 46.8 cm³/mol. The summed E-state index contributed by atoms with van der Waals surface area (Å²) in [6.45, 7) is 4.49. The van der Waals surface area contributed by atoms with Gasteiger partial charge in [-0.3, -0.25) is 0 Å². The third-order valence-electron chi connectivity index (χ3n) is 1.70. The minimum Gasteiger partial charge on any atom is -0.202 e. The van der Waals surface area contributed by atoms with Crippen LogP contribution in [0, 0.1) is 5.92 Å². The highest BCUT2D eigenvalue weighted by Gasteiger charge is 2.08. The van der Waals surface area contributed by atoms with E-state index in [0.29, 0.717) is 12.5 Å². The molecule has 68 valence electrons. The second kappa shape index (κ2) is 4.95. The van der Waals surface area contributed by atoms with E-state index in [0.717, 1.165) is 12.8 Å². The van der Waals surface area contributed by atoms with Gasteiger partial charge >= 0.3 is 0 Å².